The molecule has 4 rings (SSSR count). The summed E-state index contributed by atoms with van der Waals surface area (Å²) >= 11 is 6.02. The molecule has 0 saturated carbocycles. The van der Waals surface area contributed by atoms with E-state index in [1.54, 1.807) is 0 Å². The van der Waals surface area contributed by atoms with Gasteiger partial charge in [-0.3, -0.25) is 4.79 Å². The second kappa shape index (κ2) is 6.23. The number of piperidine rings is 1. The number of carbonyl (C=O) groups is 1. The molecule has 2 fully saturated rings. The van der Waals surface area contributed by atoms with Crippen LogP contribution in [-0.2, 0) is 4.79 Å². The maximum absolute atomic E-state index is 13.2. The van der Waals surface area contributed by atoms with Gasteiger partial charge in [-0.1, -0.05) is 54.1 Å². The normalized spacial score (nSPS) is 26.3. The van der Waals surface area contributed by atoms with Gasteiger partial charge >= 0.3 is 0 Å². The number of halogens is 1. The molecule has 4 heteroatoms. The molecule has 2 bridgehead atoms. The number of hydrogen-bond donors (Lipinski definition) is 1. The van der Waals surface area contributed by atoms with Crippen molar-refractivity contribution in [3.05, 3.63) is 70.7 Å². The molecule has 2 aromatic carbocycles. The van der Waals surface area contributed by atoms with Crippen molar-refractivity contribution in [2.75, 3.05) is 19.6 Å². The molecular formula is C20H21ClN2O. The van der Waals surface area contributed by atoms with Crippen LogP contribution in [0, 0.1) is 0 Å². The van der Waals surface area contributed by atoms with Crippen LogP contribution in [-0.4, -0.2) is 36.0 Å². The van der Waals surface area contributed by atoms with E-state index in [4.69, 9.17) is 11.6 Å². The fourth-order valence-corrected chi connectivity index (χ4v) is 4.15. The van der Waals surface area contributed by atoms with Gasteiger partial charge in [-0.2, -0.15) is 0 Å². The predicted molar refractivity (Wildman–Crippen MR) is 96.3 cm³/mol. The average molecular weight is 341 g/mol. The number of rotatable bonds is 4. The van der Waals surface area contributed by atoms with E-state index >= 15 is 0 Å². The summed E-state index contributed by atoms with van der Waals surface area (Å²) in [6.45, 7) is 3.18. The summed E-state index contributed by atoms with van der Waals surface area (Å²) in [5.41, 5.74) is 1.96. The molecule has 3 nitrogen and oxygen atoms in total. The molecule has 0 radical (unpaired) electrons. The number of nitrogens with one attached hydrogen (secondary N) is 1. The zero-order valence-corrected chi connectivity index (χ0v) is 14.3. The van der Waals surface area contributed by atoms with Crippen LogP contribution in [0.4, 0.5) is 0 Å². The Hall–Kier alpha value is -1.84. The number of amides is 1. The average Bonchev–Trinajstić information content (AvgIpc) is 3.18. The molecule has 0 aliphatic carbocycles. The lowest BCUT2D eigenvalue weighted by molar-refractivity contribution is -0.123. The minimum Gasteiger partial charge on any atom is -0.348 e. The van der Waals surface area contributed by atoms with Gasteiger partial charge in [0.1, 0.15) is 0 Å². The summed E-state index contributed by atoms with van der Waals surface area (Å²) in [6, 6.07) is 17.6. The van der Waals surface area contributed by atoms with Gasteiger partial charge < -0.3 is 10.2 Å². The first kappa shape index (κ1) is 15.7. The van der Waals surface area contributed by atoms with Gasteiger partial charge in [0.2, 0.25) is 5.91 Å². The Labute approximate surface area is 147 Å². The zero-order valence-electron chi connectivity index (χ0n) is 13.5. The monoisotopic (exact) mass is 340 g/mol. The van der Waals surface area contributed by atoms with E-state index in [1.165, 1.54) is 0 Å². The maximum atomic E-state index is 13.2. The van der Waals surface area contributed by atoms with Crippen molar-refractivity contribution in [1.82, 2.24) is 10.2 Å². The van der Waals surface area contributed by atoms with Crippen molar-refractivity contribution < 1.29 is 4.79 Å². The molecule has 2 saturated heterocycles. The van der Waals surface area contributed by atoms with Crippen molar-refractivity contribution in [2.45, 2.75) is 24.3 Å². The van der Waals surface area contributed by atoms with Crippen molar-refractivity contribution in [3.8, 4) is 0 Å². The standard InChI is InChI=1S/C20H21ClN2O/c21-17-8-6-16(7-9-17)18(15-4-2-1-3-5-15)19(24)22-20-10-12-23(14-20)13-11-20/h1-9,18H,10-14H2,(H,22,24). The minimum atomic E-state index is -0.299. The van der Waals surface area contributed by atoms with E-state index in [9.17, 15) is 4.79 Å². The van der Waals surface area contributed by atoms with Gasteiger partial charge in [-0.25, -0.2) is 0 Å². The summed E-state index contributed by atoms with van der Waals surface area (Å²) in [7, 11) is 0. The number of benzene rings is 2. The van der Waals surface area contributed by atoms with E-state index in [2.05, 4.69) is 10.2 Å². The molecule has 0 spiro atoms. The van der Waals surface area contributed by atoms with Crippen LogP contribution in [0.1, 0.15) is 29.9 Å². The van der Waals surface area contributed by atoms with Gasteiger partial charge in [-0.15, -0.1) is 0 Å². The summed E-state index contributed by atoms with van der Waals surface area (Å²) in [6.07, 6.45) is 2.11. The highest BCUT2D eigenvalue weighted by Gasteiger charge is 2.45. The summed E-state index contributed by atoms with van der Waals surface area (Å²) in [4.78, 5) is 15.6. The molecule has 2 heterocycles. The van der Waals surface area contributed by atoms with Gasteiger partial charge in [0, 0.05) is 24.7 Å². The Morgan fingerprint density at radius 3 is 2.21 bits per heavy atom. The van der Waals surface area contributed by atoms with E-state index in [-0.39, 0.29) is 17.4 Å². The molecule has 1 unspecified atom stereocenters. The SMILES string of the molecule is O=C(NC12CCN(CC1)C2)C(c1ccccc1)c1ccc(Cl)cc1. The third-order valence-corrected chi connectivity index (χ3v) is 5.58. The summed E-state index contributed by atoms with van der Waals surface area (Å²) in [5, 5.41) is 4.07. The summed E-state index contributed by atoms with van der Waals surface area (Å²) in [5.74, 6) is -0.209. The largest absolute Gasteiger partial charge is 0.348 e. The number of nitrogens with zero attached hydrogens (tertiary/aromatic N) is 1. The van der Waals surface area contributed by atoms with Crippen LogP contribution in [0.25, 0.3) is 0 Å². The van der Waals surface area contributed by atoms with Gasteiger partial charge in [0.25, 0.3) is 0 Å². The van der Waals surface area contributed by atoms with Gasteiger partial charge in [0.15, 0.2) is 0 Å². The Kier molecular flexibility index (Phi) is 4.07. The Morgan fingerprint density at radius 1 is 1.00 bits per heavy atom. The van der Waals surface area contributed by atoms with Crippen molar-refractivity contribution in [1.29, 1.82) is 0 Å². The minimum absolute atomic E-state index is 0.0312. The maximum Gasteiger partial charge on any atom is 0.232 e. The van der Waals surface area contributed by atoms with Crippen LogP contribution in [0.3, 0.4) is 0 Å². The van der Waals surface area contributed by atoms with Crippen LogP contribution < -0.4 is 5.32 Å². The zero-order chi connectivity index (χ0) is 16.6. The lowest BCUT2D eigenvalue weighted by Crippen LogP contribution is -2.49. The van der Waals surface area contributed by atoms with Crippen LogP contribution in [0.2, 0.25) is 5.02 Å². The van der Waals surface area contributed by atoms with Gasteiger partial charge in [0.05, 0.1) is 11.5 Å². The van der Waals surface area contributed by atoms with Crippen molar-refractivity contribution in [2.24, 2.45) is 0 Å². The Balaban J connectivity index is 1.65. The molecule has 2 aliphatic heterocycles. The van der Waals surface area contributed by atoms with E-state index in [0.29, 0.717) is 5.02 Å². The molecule has 2 aromatic rings. The highest BCUT2D eigenvalue weighted by molar-refractivity contribution is 6.30. The molecule has 24 heavy (non-hydrogen) atoms. The molecule has 2 aliphatic rings. The van der Waals surface area contributed by atoms with Crippen molar-refractivity contribution in [3.63, 3.8) is 0 Å². The Bertz CT molecular complexity index is 721. The third-order valence-electron chi connectivity index (χ3n) is 5.33. The second-order valence-electron chi connectivity index (χ2n) is 6.94. The Morgan fingerprint density at radius 2 is 1.62 bits per heavy atom. The highest BCUT2D eigenvalue weighted by Crippen LogP contribution is 2.34. The molecular weight excluding hydrogens is 320 g/mol. The molecule has 1 N–H and O–H groups in total. The quantitative estimate of drug-likeness (QED) is 0.924. The second-order valence-corrected chi connectivity index (χ2v) is 7.38. The van der Waals surface area contributed by atoms with Gasteiger partial charge in [-0.05, 0) is 36.1 Å². The fourth-order valence-electron chi connectivity index (χ4n) is 4.02. The van der Waals surface area contributed by atoms with E-state index in [1.807, 2.05) is 54.6 Å². The molecule has 0 aromatic heterocycles. The van der Waals surface area contributed by atoms with E-state index < -0.39 is 0 Å². The van der Waals surface area contributed by atoms with Crippen LogP contribution >= 0.6 is 11.6 Å². The number of carbonyl (C=O) groups excluding carboxylic acids is 1. The lowest BCUT2D eigenvalue weighted by Gasteiger charge is -2.29. The molecule has 1 atom stereocenters. The third kappa shape index (κ3) is 2.94. The lowest BCUT2D eigenvalue weighted by atomic mass is 9.88. The first-order valence-corrected chi connectivity index (χ1v) is 8.88. The first-order valence-electron chi connectivity index (χ1n) is 8.50. The van der Waals surface area contributed by atoms with Crippen LogP contribution in [0.5, 0.6) is 0 Å². The first-order chi connectivity index (χ1) is 11.7. The van der Waals surface area contributed by atoms with Crippen molar-refractivity contribution >= 4 is 17.5 Å². The fraction of sp³-hybridized carbons (Fsp3) is 0.350. The topological polar surface area (TPSA) is 32.3 Å². The number of hydrogen-bond acceptors (Lipinski definition) is 2. The predicted octanol–water partition coefficient (Wildman–Crippen LogP) is 3.44. The molecule has 1 amide bonds. The number of fused-ring (bicyclic) bond motifs is 2. The highest BCUT2D eigenvalue weighted by atomic mass is 35.5. The smallest absolute Gasteiger partial charge is 0.232 e. The molecule has 124 valence electrons. The van der Waals surface area contributed by atoms with Crippen LogP contribution in [0.15, 0.2) is 54.6 Å². The summed E-state index contributed by atoms with van der Waals surface area (Å²) < 4.78 is 0. The van der Waals surface area contributed by atoms with E-state index in [0.717, 1.165) is 43.6 Å².